The molecule has 3 saturated heterocycles. The Hall–Kier alpha value is -8.63. The predicted octanol–water partition coefficient (Wildman–Crippen LogP) is -0.641. The number of hydrogen-bond acceptors (Lipinski definition) is 28. The zero-order valence-electron chi connectivity index (χ0n) is 44.1. The Balaban J connectivity index is 1.14. The number of rotatable bonds is 20. The van der Waals surface area contributed by atoms with E-state index in [1.165, 1.54) is 61.7 Å². The van der Waals surface area contributed by atoms with Gasteiger partial charge in [-0.3, -0.25) is 9.59 Å². The molecule has 15 atom stereocenters. The number of benzene rings is 4. The van der Waals surface area contributed by atoms with E-state index in [0.717, 1.165) is 42.5 Å². The maximum Gasteiger partial charge on any atom is 0.402 e. The van der Waals surface area contributed by atoms with Crippen LogP contribution in [0.5, 0.6) is 51.7 Å². The molecule has 0 spiro atoms. The van der Waals surface area contributed by atoms with Gasteiger partial charge in [0.05, 0.1) is 18.7 Å². The SMILES string of the molecule is COc1cc(C=CC(=O)OC[C@H]2O[C@@H](O[C@H]3[C@H](Oc4cc5c(O[C@@H]6O[C@H](COC(=O)CC(=O)O)[C@@H](O)[C@H](O)[C@H]6O)cc(O)cc5[o+]c4-c4cc(O)c(O)c(O)c4)O[C@H](COC(=O)C=Cc4ccc(O)cc4)[C@@H](O)[C@@H]3O)[C@H](O)[C@@H](O)[C@@H]2O)ccc1O. The van der Waals surface area contributed by atoms with Crippen LogP contribution in [0.1, 0.15) is 17.5 Å². The first kappa shape index (κ1) is 62.4. The summed E-state index contributed by atoms with van der Waals surface area (Å²) >= 11 is 0. The molecule has 0 saturated carbocycles. The topological polar surface area (TPSA) is 475 Å². The van der Waals surface area contributed by atoms with Crippen molar-refractivity contribution in [3.8, 4) is 63.1 Å². The number of methoxy groups -OCH3 is 1. The lowest BCUT2D eigenvalue weighted by Crippen LogP contribution is -2.65. The molecule has 15 N–H and O–H groups in total. The molecule has 0 amide bonds. The molecule has 1 aromatic heterocycles. The van der Waals surface area contributed by atoms with Crippen molar-refractivity contribution in [1.82, 2.24) is 0 Å². The molecule has 0 unspecified atom stereocenters. The van der Waals surface area contributed by atoms with Crippen molar-refractivity contribution in [1.29, 1.82) is 0 Å². The van der Waals surface area contributed by atoms with Crippen LogP contribution >= 0.6 is 0 Å². The van der Waals surface area contributed by atoms with E-state index in [2.05, 4.69) is 0 Å². The number of carbonyl (C=O) groups is 4. The van der Waals surface area contributed by atoms with Crippen LogP contribution in [0.25, 0.3) is 34.4 Å². The van der Waals surface area contributed by atoms with Crippen molar-refractivity contribution in [2.75, 3.05) is 26.9 Å². The molecule has 30 nitrogen and oxygen atoms in total. The average molecular weight is 1200 g/mol. The molecule has 3 fully saturated rings. The number of phenols is 6. The second-order valence-electron chi connectivity index (χ2n) is 19.3. The highest BCUT2D eigenvalue weighted by molar-refractivity contribution is 5.91. The Morgan fingerprint density at radius 2 is 1.06 bits per heavy atom. The normalized spacial score (nSPS) is 27.8. The Bertz CT molecular complexity index is 3250. The third kappa shape index (κ3) is 14.8. The molecule has 4 heterocycles. The van der Waals surface area contributed by atoms with Crippen molar-refractivity contribution >= 4 is 47.0 Å². The van der Waals surface area contributed by atoms with E-state index in [9.17, 15) is 90.7 Å². The van der Waals surface area contributed by atoms with Gasteiger partial charge in [-0.2, -0.15) is 0 Å². The second kappa shape index (κ2) is 27.0. The maximum absolute atomic E-state index is 13.0. The third-order valence-corrected chi connectivity index (χ3v) is 13.3. The minimum absolute atomic E-state index is 0.0552. The summed E-state index contributed by atoms with van der Waals surface area (Å²) in [5, 5.41) is 160. The summed E-state index contributed by atoms with van der Waals surface area (Å²) in [6, 6.07) is 14.5. The molecule has 3 aliphatic heterocycles. The highest BCUT2D eigenvalue weighted by atomic mass is 16.8. The predicted molar refractivity (Wildman–Crippen MR) is 279 cm³/mol. The third-order valence-electron chi connectivity index (χ3n) is 13.3. The largest absolute Gasteiger partial charge is 0.508 e. The number of ether oxygens (including phenoxy) is 10. The van der Waals surface area contributed by atoms with Crippen LogP contribution in [0.2, 0.25) is 0 Å². The Morgan fingerprint density at radius 3 is 1.66 bits per heavy atom. The molecule has 4 aromatic carbocycles. The fraction of sp³-hybridized carbons (Fsp3) is 0.364. The number of carbonyl (C=O) groups excluding carboxylic acids is 3. The first-order valence-corrected chi connectivity index (χ1v) is 25.4. The molecular formula is C55H57O30+. The van der Waals surface area contributed by atoms with Crippen LogP contribution < -0.4 is 14.2 Å². The summed E-state index contributed by atoms with van der Waals surface area (Å²) in [6.07, 6.45) is -26.9. The highest BCUT2D eigenvalue weighted by Crippen LogP contribution is 2.46. The van der Waals surface area contributed by atoms with Crippen LogP contribution in [-0.4, -0.2) is 220 Å². The first-order chi connectivity index (χ1) is 40.4. The van der Waals surface area contributed by atoms with Crippen LogP contribution in [0.15, 0.2) is 89.4 Å². The number of fused-ring (bicyclic) bond motifs is 1. The standard InChI is InChI=1S/C55H56O30/c1-75-33-12-23(4-9-28(33)58)6-11-40(64)76-19-35-43(67)47(71)50(74)54(83-35)85-52-48(72)45(69)37(20-77-39(63)10-5-22-2-7-25(56)8-3-22)84-55(52)81-34-17-27-31(79-51(34)24-13-29(59)42(66)30(60)14-24)15-26(57)16-32(27)80-53-49(73)46(70)44(68)36(82-53)21-78-41(65)18-38(61)62/h2-17,35-37,43-50,52-55,67-74H,18-21H2,1H3,(H6-,56,57,58,59,60,61,62,63,64,66)/p+1/t35-,36-,37-,43-,44-,45-,46+,47+,48+,49-,50-,52-,53-,54+,55-/m1/s1. The second-order valence-corrected chi connectivity index (χ2v) is 19.3. The summed E-state index contributed by atoms with van der Waals surface area (Å²) in [6.45, 7) is -2.53. The average Bonchev–Trinajstić information content (AvgIpc) is 1.95. The van der Waals surface area contributed by atoms with Gasteiger partial charge in [-0.1, -0.05) is 18.2 Å². The van der Waals surface area contributed by atoms with Gasteiger partial charge in [0.2, 0.25) is 18.3 Å². The van der Waals surface area contributed by atoms with E-state index >= 15 is 0 Å². The number of aliphatic hydroxyl groups is 8. The molecule has 30 heteroatoms. The zero-order valence-corrected chi connectivity index (χ0v) is 44.1. The Morgan fingerprint density at radius 1 is 0.529 bits per heavy atom. The molecule has 8 rings (SSSR count). The molecule has 85 heavy (non-hydrogen) atoms. The number of aliphatic carboxylic acids is 1. The van der Waals surface area contributed by atoms with Gasteiger partial charge >= 0.3 is 35.2 Å². The van der Waals surface area contributed by atoms with Gasteiger partial charge in [0.15, 0.2) is 41.1 Å². The minimum Gasteiger partial charge on any atom is -0.508 e. The number of carboxylic acid groups (broad SMARTS) is 1. The fourth-order valence-corrected chi connectivity index (χ4v) is 8.78. The number of aliphatic hydroxyl groups excluding tert-OH is 8. The first-order valence-electron chi connectivity index (χ1n) is 25.4. The van der Waals surface area contributed by atoms with Crippen molar-refractivity contribution in [3.05, 3.63) is 96.1 Å². The van der Waals surface area contributed by atoms with Crippen LogP contribution in [0.3, 0.4) is 0 Å². The van der Waals surface area contributed by atoms with E-state index in [0.29, 0.717) is 11.1 Å². The summed E-state index contributed by atoms with van der Waals surface area (Å²) in [4.78, 5) is 48.9. The van der Waals surface area contributed by atoms with E-state index < -0.39 is 182 Å². The number of carboxylic acids is 1. The van der Waals surface area contributed by atoms with Crippen molar-refractivity contribution in [2.24, 2.45) is 0 Å². The van der Waals surface area contributed by atoms with Crippen molar-refractivity contribution < 1.29 is 148 Å². The summed E-state index contributed by atoms with van der Waals surface area (Å²) in [7, 11) is 1.31. The molecule has 0 bridgehead atoms. The number of phenolic OH excluding ortho intramolecular Hbond substituents is 6. The quantitative estimate of drug-likeness (QED) is 0.0115. The zero-order chi connectivity index (χ0) is 61.6. The van der Waals surface area contributed by atoms with Crippen LogP contribution in [-0.2, 0) is 52.3 Å². The van der Waals surface area contributed by atoms with E-state index in [4.69, 9.17) is 56.9 Å². The van der Waals surface area contributed by atoms with Crippen LogP contribution in [0, 0.1) is 0 Å². The molecule has 456 valence electrons. The summed E-state index contributed by atoms with van der Waals surface area (Å²) in [5.74, 6) is -10.1. The highest BCUT2D eigenvalue weighted by Gasteiger charge is 2.53. The Labute approximate surface area is 478 Å². The van der Waals surface area contributed by atoms with Gasteiger partial charge in [-0.05, 0) is 47.5 Å². The van der Waals surface area contributed by atoms with Gasteiger partial charge in [-0.25, -0.2) is 14.0 Å². The minimum atomic E-state index is -2.24. The number of hydrogen-bond donors (Lipinski definition) is 15. The van der Waals surface area contributed by atoms with Gasteiger partial charge in [-0.15, -0.1) is 0 Å². The fourth-order valence-electron chi connectivity index (χ4n) is 8.78. The van der Waals surface area contributed by atoms with Gasteiger partial charge in [0.1, 0.15) is 116 Å². The summed E-state index contributed by atoms with van der Waals surface area (Å²) in [5.41, 5.74) is 0.167. The lowest BCUT2D eigenvalue weighted by atomic mass is 9.97. The molecule has 5 aromatic rings. The monoisotopic (exact) mass is 1200 g/mol. The Kier molecular flexibility index (Phi) is 19.8. The van der Waals surface area contributed by atoms with Gasteiger partial charge in [0, 0.05) is 36.4 Å². The molecule has 0 radical (unpaired) electrons. The van der Waals surface area contributed by atoms with E-state index in [1.807, 2.05) is 0 Å². The smallest absolute Gasteiger partial charge is 0.402 e. The van der Waals surface area contributed by atoms with Crippen molar-refractivity contribution in [2.45, 2.75) is 98.5 Å². The molecule has 3 aliphatic rings. The maximum atomic E-state index is 13.0. The van der Waals surface area contributed by atoms with Gasteiger partial charge < -0.3 is 124 Å². The molecular weight excluding hydrogens is 1140 g/mol. The number of aromatic hydroxyl groups is 6. The van der Waals surface area contributed by atoms with E-state index in [-0.39, 0.29) is 33.8 Å². The van der Waals surface area contributed by atoms with Crippen LogP contribution in [0.4, 0.5) is 0 Å². The van der Waals surface area contributed by atoms with E-state index in [1.54, 1.807) is 0 Å². The molecule has 0 aliphatic carbocycles. The number of esters is 3. The lowest BCUT2D eigenvalue weighted by molar-refractivity contribution is -0.358. The van der Waals surface area contributed by atoms with Gasteiger partial charge in [0.25, 0.3) is 0 Å². The van der Waals surface area contributed by atoms with Crippen molar-refractivity contribution in [3.63, 3.8) is 0 Å². The summed E-state index contributed by atoms with van der Waals surface area (Å²) < 4.78 is 62.6. The lowest BCUT2D eigenvalue weighted by Gasteiger charge is -2.45.